The van der Waals surface area contributed by atoms with Crippen LogP contribution in [0.4, 0.5) is 0 Å². The summed E-state index contributed by atoms with van der Waals surface area (Å²) in [5.41, 5.74) is 1.48. The fraction of sp³-hybridized carbons (Fsp3) is 0.625. The van der Waals surface area contributed by atoms with Crippen molar-refractivity contribution in [1.82, 2.24) is 0 Å². The lowest BCUT2D eigenvalue weighted by atomic mass is 9.83. The van der Waals surface area contributed by atoms with Crippen LogP contribution in [0.3, 0.4) is 0 Å². The Hall–Kier alpha value is -0.860. The molecule has 0 amide bonds. The zero-order valence-corrected chi connectivity index (χ0v) is 11.4. The molecule has 0 spiro atoms. The molecule has 3 aliphatic rings. The third-order valence-electron chi connectivity index (χ3n) is 4.84. The molecular formula is C16H26N2+2. The first-order valence-electron chi connectivity index (χ1n) is 7.54. The van der Waals surface area contributed by atoms with Gasteiger partial charge in [-0.2, -0.15) is 0 Å². The number of hydrogen-bond acceptors (Lipinski definition) is 0. The highest BCUT2D eigenvalue weighted by molar-refractivity contribution is 5.15. The highest BCUT2D eigenvalue weighted by Gasteiger charge is 2.40. The van der Waals surface area contributed by atoms with E-state index >= 15 is 0 Å². The number of nitrogens with one attached hydrogen (secondary N) is 1. The SMILES string of the molecule is C[C@H](Cc1ccccc1)[NH2+][C@@H]1C[NH+]2CCC1CC2. The molecule has 98 valence electrons. The summed E-state index contributed by atoms with van der Waals surface area (Å²) in [5.74, 6) is 1.00. The van der Waals surface area contributed by atoms with E-state index in [-0.39, 0.29) is 0 Å². The molecule has 3 N–H and O–H groups in total. The van der Waals surface area contributed by atoms with E-state index in [0.29, 0.717) is 0 Å². The third-order valence-corrected chi connectivity index (χ3v) is 4.84. The molecule has 0 unspecified atom stereocenters. The topological polar surface area (TPSA) is 21.1 Å². The van der Waals surface area contributed by atoms with Crippen LogP contribution in [-0.4, -0.2) is 31.7 Å². The largest absolute Gasteiger partial charge is 0.336 e. The average Bonchev–Trinajstić information content (AvgIpc) is 2.41. The van der Waals surface area contributed by atoms with Gasteiger partial charge in [0, 0.05) is 25.2 Å². The molecule has 2 nitrogen and oxygen atoms in total. The van der Waals surface area contributed by atoms with Crippen LogP contribution in [0.15, 0.2) is 30.3 Å². The van der Waals surface area contributed by atoms with Crippen LogP contribution < -0.4 is 10.2 Å². The molecule has 3 aliphatic heterocycles. The summed E-state index contributed by atoms with van der Waals surface area (Å²) in [6.07, 6.45) is 4.14. The van der Waals surface area contributed by atoms with Crippen LogP contribution in [0.25, 0.3) is 0 Å². The molecule has 18 heavy (non-hydrogen) atoms. The van der Waals surface area contributed by atoms with Crippen molar-refractivity contribution >= 4 is 0 Å². The van der Waals surface area contributed by atoms with Gasteiger partial charge >= 0.3 is 0 Å². The van der Waals surface area contributed by atoms with E-state index in [0.717, 1.165) is 18.0 Å². The molecule has 0 saturated carbocycles. The average molecular weight is 246 g/mol. The summed E-state index contributed by atoms with van der Waals surface area (Å²) in [6.45, 7) is 6.66. The number of quaternary nitrogens is 2. The number of hydrogen-bond donors (Lipinski definition) is 2. The number of nitrogens with two attached hydrogens (primary N) is 1. The van der Waals surface area contributed by atoms with Gasteiger partial charge in [-0.05, 0) is 12.5 Å². The Morgan fingerprint density at radius 2 is 1.94 bits per heavy atom. The van der Waals surface area contributed by atoms with E-state index in [2.05, 4.69) is 42.6 Å². The number of fused-ring (bicyclic) bond motifs is 3. The standard InChI is InChI=1S/C16H24N2/c1-13(11-14-5-3-2-4-6-14)17-16-12-18-9-7-15(16)8-10-18/h2-6,13,15-17H,7-12H2,1H3/p+2/t13-,16-/m1/s1. The Morgan fingerprint density at radius 3 is 2.56 bits per heavy atom. The van der Waals surface area contributed by atoms with Crippen LogP contribution in [0.5, 0.6) is 0 Å². The Bertz CT molecular complexity index is 368. The molecule has 2 bridgehead atoms. The van der Waals surface area contributed by atoms with Gasteiger partial charge < -0.3 is 10.2 Å². The van der Waals surface area contributed by atoms with E-state index < -0.39 is 0 Å². The molecule has 3 fully saturated rings. The Morgan fingerprint density at radius 1 is 1.22 bits per heavy atom. The van der Waals surface area contributed by atoms with Crippen molar-refractivity contribution in [3.63, 3.8) is 0 Å². The molecule has 1 aromatic carbocycles. The van der Waals surface area contributed by atoms with Gasteiger partial charge in [0.2, 0.25) is 0 Å². The van der Waals surface area contributed by atoms with Gasteiger partial charge in [0.15, 0.2) is 0 Å². The van der Waals surface area contributed by atoms with Gasteiger partial charge in [0.25, 0.3) is 0 Å². The van der Waals surface area contributed by atoms with Gasteiger partial charge in [0.1, 0.15) is 12.6 Å². The van der Waals surface area contributed by atoms with Crippen molar-refractivity contribution in [3.8, 4) is 0 Å². The lowest BCUT2D eigenvalue weighted by Crippen LogP contribution is -3.21. The van der Waals surface area contributed by atoms with Gasteiger partial charge in [-0.25, -0.2) is 0 Å². The number of benzene rings is 1. The van der Waals surface area contributed by atoms with Crippen molar-refractivity contribution in [2.24, 2.45) is 5.92 Å². The molecule has 1 aromatic rings. The lowest BCUT2D eigenvalue weighted by molar-refractivity contribution is -0.944. The highest BCUT2D eigenvalue weighted by Crippen LogP contribution is 2.15. The predicted molar refractivity (Wildman–Crippen MR) is 73.6 cm³/mol. The van der Waals surface area contributed by atoms with Crippen molar-refractivity contribution in [3.05, 3.63) is 35.9 Å². The Balaban J connectivity index is 1.53. The van der Waals surface area contributed by atoms with Crippen molar-refractivity contribution in [2.45, 2.75) is 38.3 Å². The highest BCUT2D eigenvalue weighted by atomic mass is 15.2. The quantitative estimate of drug-likeness (QED) is 0.738. The molecule has 2 heteroatoms. The maximum absolute atomic E-state index is 2.66. The van der Waals surface area contributed by atoms with Crippen LogP contribution in [0.1, 0.15) is 25.3 Å². The molecule has 0 aromatic heterocycles. The molecule has 0 aliphatic carbocycles. The minimum atomic E-state index is 0.720. The second kappa shape index (κ2) is 5.41. The monoisotopic (exact) mass is 246 g/mol. The second-order valence-electron chi connectivity index (χ2n) is 6.31. The van der Waals surface area contributed by atoms with Crippen LogP contribution in [-0.2, 0) is 6.42 Å². The van der Waals surface area contributed by atoms with Crippen molar-refractivity contribution < 1.29 is 10.2 Å². The van der Waals surface area contributed by atoms with E-state index in [1.54, 1.807) is 0 Å². The first-order valence-corrected chi connectivity index (χ1v) is 7.54. The summed E-state index contributed by atoms with van der Waals surface area (Å²) in [4.78, 5) is 1.85. The second-order valence-corrected chi connectivity index (χ2v) is 6.31. The van der Waals surface area contributed by atoms with Gasteiger partial charge in [0.05, 0.1) is 19.1 Å². The number of rotatable bonds is 4. The fourth-order valence-corrected chi connectivity index (χ4v) is 3.88. The Labute approximate surface area is 110 Å². The smallest absolute Gasteiger partial charge is 0.139 e. The molecular weight excluding hydrogens is 220 g/mol. The van der Waals surface area contributed by atoms with Crippen LogP contribution in [0.2, 0.25) is 0 Å². The molecule has 2 atom stereocenters. The van der Waals surface area contributed by atoms with Gasteiger partial charge in [-0.1, -0.05) is 30.3 Å². The summed E-state index contributed by atoms with van der Waals surface area (Å²) in [6, 6.07) is 12.5. The van der Waals surface area contributed by atoms with Gasteiger partial charge in [-0.15, -0.1) is 0 Å². The van der Waals surface area contributed by atoms with E-state index in [9.17, 15) is 0 Å². The zero-order valence-electron chi connectivity index (χ0n) is 11.4. The van der Waals surface area contributed by atoms with Crippen LogP contribution in [0, 0.1) is 5.92 Å². The zero-order chi connectivity index (χ0) is 12.4. The normalized spacial score (nSPS) is 32.4. The molecule has 0 radical (unpaired) electrons. The van der Waals surface area contributed by atoms with Crippen LogP contribution >= 0.6 is 0 Å². The van der Waals surface area contributed by atoms with E-state index in [1.807, 2.05) is 4.90 Å². The minimum absolute atomic E-state index is 0.720. The minimum Gasteiger partial charge on any atom is -0.336 e. The first-order chi connectivity index (χ1) is 8.81. The summed E-state index contributed by atoms with van der Waals surface area (Å²) in [5, 5.41) is 2.66. The summed E-state index contributed by atoms with van der Waals surface area (Å²) in [7, 11) is 0. The third kappa shape index (κ3) is 2.76. The van der Waals surface area contributed by atoms with Crippen molar-refractivity contribution in [2.75, 3.05) is 19.6 Å². The number of piperidine rings is 3. The van der Waals surface area contributed by atoms with E-state index in [1.165, 1.54) is 44.5 Å². The predicted octanol–water partition coefficient (Wildman–Crippen LogP) is -0.142. The molecule has 4 rings (SSSR count). The maximum Gasteiger partial charge on any atom is 0.139 e. The Kier molecular flexibility index (Phi) is 3.67. The molecule has 3 heterocycles. The summed E-state index contributed by atoms with van der Waals surface area (Å²) >= 11 is 0. The summed E-state index contributed by atoms with van der Waals surface area (Å²) < 4.78 is 0. The fourth-order valence-electron chi connectivity index (χ4n) is 3.88. The van der Waals surface area contributed by atoms with E-state index in [4.69, 9.17) is 0 Å². The lowest BCUT2D eigenvalue weighted by Gasteiger charge is -2.40. The van der Waals surface area contributed by atoms with Gasteiger partial charge in [-0.3, -0.25) is 0 Å². The maximum atomic E-state index is 2.66. The molecule has 3 saturated heterocycles. The first kappa shape index (κ1) is 12.2. The van der Waals surface area contributed by atoms with Crippen molar-refractivity contribution in [1.29, 1.82) is 0 Å².